The molecule has 0 aromatic heterocycles. The molecule has 1 amide bonds. The van der Waals surface area contributed by atoms with E-state index in [1.165, 1.54) is 26.2 Å². The molecule has 1 aliphatic rings. The van der Waals surface area contributed by atoms with E-state index in [1.807, 2.05) is 0 Å². The van der Waals surface area contributed by atoms with Gasteiger partial charge in [-0.1, -0.05) is 24.3 Å². The molecule has 0 atom stereocenters. The lowest BCUT2D eigenvalue weighted by Crippen LogP contribution is -2.39. The van der Waals surface area contributed by atoms with Crippen molar-refractivity contribution in [3.8, 4) is 5.75 Å². The Kier molecular flexibility index (Phi) is 6.88. The molecule has 0 radical (unpaired) electrons. The number of ether oxygens (including phenoxy) is 4. The lowest BCUT2D eigenvalue weighted by Gasteiger charge is -2.32. The zero-order valence-corrected chi connectivity index (χ0v) is 17.3. The highest BCUT2D eigenvalue weighted by atomic mass is 16.5. The molecule has 2 aromatic carbocycles. The molecular weight excluding hydrogens is 404 g/mol. The third-order valence-electron chi connectivity index (χ3n) is 4.63. The highest BCUT2D eigenvalue weighted by Crippen LogP contribution is 2.31. The molecule has 9 nitrogen and oxygen atoms in total. The lowest BCUT2D eigenvalue weighted by atomic mass is 10.1. The Morgan fingerprint density at radius 2 is 1.61 bits per heavy atom. The van der Waals surface area contributed by atoms with Crippen LogP contribution < -0.4 is 15.0 Å². The Labute approximate surface area is 179 Å². The number of amides is 1. The van der Waals surface area contributed by atoms with E-state index in [4.69, 9.17) is 18.9 Å². The number of hydrogen-bond donors (Lipinski definition) is 1. The fraction of sp³-hybridized carbons (Fsp3) is 0.227. The maximum Gasteiger partial charge on any atom is 0.355 e. The maximum absolute atomic E-state index is 13.1. The van der Waals surface area contributed by atoms with Crippen LogP contribution in [0.25, 0.3) is 0 Å². The first-order chi connectivity index (χ1) is 15.0. The SMILES string of the molecule is COC(=O)C1=C(C(=O)OC)N(c2ccccc2C(=O)Nc2ccccc2OC)COC1. The average Bonchev–Trinajstić information content (AvgIpc) is 2.82. The van der Waals surface area contributed by atoms with Crippen molar-refractivity contribution >= 4 is 29.2 Å². The number of anilines is 2. The van der Waals surface area contributed by atoms with E-state index in [2.05, 4.69) is 5.32 Å². The molecule has 0 saturated heterocycles. The van der Waals surface area contributed by atoms with Gasteiger partial charge in [-0.15, -0.1) is 0 Å². The number of carbonyl (C=O) groups is 3. The Morgan fingerprint density at radius 1 is 0.935 bits per heavy atom. The summed E-state index contributed by atoms with van der Waals surface area (Å²) in [5.74, 6) is -1.41. The summed E-state index contributed by atoms with van der Waals surface area (Å²) >= 11 is 0. The maximum atomic E-state index is 13.1. The van der Waals surface area contributed by atoms with Gasteiger partial charge in [0, 0.05) is 0 Å². The van der Waals surface area contributed by atoms with Crippen molar-refractivity contribution in [3.63, 3.8) is 0 Å². The smallest absolute Gasteiger partial charge is 0.355 e. The van der Waals surface area contributed by atoms with Crippen LogP contribution in [0.3, 0.4) is 0 Å². The number of benzene rings is 2. The van der Waals surface area contributed by atoms with Crippen molar-refractivity contribution < 1.29 is 33.3 Å². The van der Waals surface area contributed by atoms with Crippen molar-refractivity contribution in [1.29, 1.82) is 0 Å². The summed E-state index contributed by atoms with van der Waals surface area (Å²) in [7, 11) is 3.92. The van der Waals surface area contributed by atoms with Crippen molar-refractivity contribution in [2.75, 3.05) is 44.9 Å². The second-order valence-electron chi connectivity index (χ2n) is 6.39. The molecule has 0 spiro atoms. The standard InChI is InChI=1S/C22H22N2O7/c1-28-18-11-7-5-9-16(18)23-20(25)14-8-4-6-10-17(14)24-13-31-12-15(21(26)29-2)19(24)22(27)30-3/h4-11H,12-13H2,1-3H3,(H,23,25). The van der Waals surface area contributed by atoms with Crippen LogP contribution in [0.1, 0.15) is 10.4 Å². The van der Waals surface area contributed by atoms with E-state index in [0.29, 0.717) is 17.1 Å². The number of carbonyl (C=O) groups excluding carboxylic acids is 3. The van der Waals surface area contributed by atoms with Crippen molar-refractivity contribution in [3.05, 3.63) is 65.4 Å². The normalized spacial score (nSPS) is 13.5. The van der Waals surface area contributed by atoms with Crippen LogP contribution in [0.5, 0.6) is 5.75 Å². The summed E-state index contributed by atoms with van der Waals surface area (Å²) < 4.78 is 20.4. The predicted octanol–water partition coefficient (Wildman–Crippen LogP) is 2.34. The van der Waals surface area contributed by atoms with Crippen LogP contribution in [-0.4, -0.2) is 52.5 Å². The van der Waals surface area contributed by atoms with Gasteiger partial charge in [0.2, 0.25) is 0 Å². The molecule has 1 heterocycles. The van der Waals surface area contributed by atoms with Gasteiger partial charge in [0.15, 0.2) is 0 Å². The highest BCUT2D eigenvalue weighted by molar-refractivity contribution is 6.10. The fourth-order valence-electron chi connectivity index (χ4n) is 3.17. The van der Waals surface area contributed by atoms with Gasteiger partial charge < -0.3 is 29.2 Å². The average molecular weight is 426 g/mol. The zero-order valence-electron chi connectivity index (χ0n) is 17.3. The minimum absolute atomic E-state index is 0.000500. The summed E-state index contributed by atoms with van der Waals surface area (Å²) in [5, 5.41) is 2.81. The van der Waals surface area contributed by atoms with Crippen LogP contribution >= 0.6 is 0 Å². The van der Waals surface area contributed by atoms with E-state index in [0.717, 1.165) is 0 Å². The Hall–Kier alpha value is -3.85. The summed E-state index contributed by atoms with van der Waals surface area (Å²) in [6.07, 6.45) is 0. The molecular formula is C22H22N2O7. The largest absolute Gasteiger partial charge is 0.495 e. The van der Waals surface area contributed by atoms with Crippen molar-refractivity contribution in [2.24, 2.45) is 0 Å². The Bertz CT molecular complexity index is 1030. The zero-order chi connectivity index (χ0) is 22.4. The van der Waals surface area contributed by atoms with E-state index in [-0.39, 0.29) is 30.2 Å². The third-order valence-corrected chi connectivity index (χ3v) is 4.63. The highest BCUT2D eigenvalue weighted by Gasteiger charge is 2.34. The van der Waals surface area contributed by atoms with Gasteiger partial charge in [-0.25, -0.2) is 9.59 Å². The van der Waals surface area contributed by atoms with E-state index < -0.39 is 17.8 Å². The number of nitrogens with zero attached hydrogens (tertiary/aromatic N) is 1. The molecule has 1 aliphatic heterocycles. The number of methoxy groups -OCH3 is 3. The number of hydrogen-bond acceptors (Lipinski definition) is 8. The topological polar surface area (TPSA) is 103 Å². The number of rotatable bonds is 6. The first kappa shape index (κ1) is 21.8. The second-order valence-corrected chi connectivity index (χ2v) is 6.39. The van der Waals surface area contributed by atoms with E-state index >= 15 is 0 Å². The Morgan fingerprint density at radius 3 is 2.32 bits per heavy atom. The predicted molar refractivity (Wildman–Crippen MR) is 112 cm³/mol. The third kappa shape index (κ3) is 4.51. The molecule has 9 heteroatoms. The number of nitrogens with one attached hydrogen (secondary N) is 1. The molecule has 0 unspecified atom stereocenters. The second kappa shape index (κ2) is 9.77. The van der Waals surface area contributed by atoms with Gasteiger partial charge in [-0.2, -0.15) is 0 Å². The van der Waals surface area contributed by atoms with Crippen molar-refractivity contribution in [1.82, 2.24) is 0 Å². The summed E-state index contributed by atoms with van der Waals surface area (Å²) in [5.41, 5.74) is 1.05. The van der Waals surface area contributed by atoms with Gasteiger partial charge in [0.05, 0.1) is 50.4 Å². The minimum atomic E-state index is -0.747. The summed E-state index contributed by atoms with van der Waals surface area (Å²) in [6.45, 7) is -0.187. The first-order valence-electron chi connectivity index (χ1n) is 9.30. The molecule has 1 N–H and O–H groups in total. The Balaban J connectivity index is 2.04. The van der Waals surface area contributed by atoms with Gasteiger partial charge in [0.25, 0.3) is 5.91 Å². The van der Waals surface area contributed by atoms with Gasteiger partial charge in [-0.3, -0.25) is 4.79 Å². The van der Waals surface area contributed by atoms with Gasteiger partial charge in [-0.05, 0) is 24.3 Å². The van der Waals surface area contributed by atoms with Crippen LogP contribution in [0, 0.1) is 0 Å². The number of esters is 2. The van der Waals surface area contributed by atoms with Crippen LogP contribution in [0.4, 0.5) is 11.4 Å². The van der Waals surface area contributed by atoms with Gasteiger partial charge in [0.1, 0.15) is 18.2 Å². The first-order valence-corrected chi connectivity index (χ1v) is 9.30. The summed E-state index contributed by atoms with van der Waals surface area (Å²) in [6, 6.07) is 13.6. The molecule has 3 rings (SSSR count). The van der Waals surface area contributed by atoms with E-state index in [1.54, 1.807) is 48.5 Å². The summed E-state index contributed by atoms with van der Waals surface area (Å²) in [4.78, 5) is 39.3. The molecule has 0 saturated carbocycles. The van der Waals surface area contributed by atoms with Gasteiger partial charge >= 0.3 is 11.9 Å². The molecule has 0 aliphatic carbocycles. The molecule has 0 fully saturated rings. The number of para-hydroxylation sites is 3. The minimum Gasteiger partial charge on any atom is -0.495 e. The monoisotopic (exact) mass is 426 g/mol. The molecule has 0 bridgehead atoms. The molecule has 162 valence electrons. The molecule has 2 aromatic rings. The molecule has 31 heavy (non-hydrogen) atoms. The quantitative estimate of drug-likeness (QED) is 0.702. The van der Waals surface area contributed by atoms with Crippen LogP contribution in [0.15, 0.2) is 59.8 Å². The van der Waals surface area contributed by atoms with Crippen LogP contribution in [-0.2, 0) is 23.8 Å². The lowest BCUT2D eigenvalue weighted by molar-refractivity contribution is -0.140. The van der Waals surface area contributed by atoms with Crippen LogP contribution in [0.2, 0.25) is 0 Å². The fourth-order valence-corrected chi connectivity index (χ4v) is 3.17. The van der Waals surface area contributed by atoms with Crippen molar-refractivity contribution in [2.45, 2.75) is 0 Å². The van der Waals surface area contributed by atoms with E-state index in [9.17, 15) is 14.4 Å².